The Kier molecular flexibility index (Phi) is 11.8. The Morgan fingerprint density at radius 3 is 1.27 bits per heavy atom. The van der Waals surface area contributed by atoms with Crippen molar-refractivity contribution in [1.82, 2.24) is 26.6 Å². The predicted molar refractivity (Wildman–Crippen MR) is 178 cm³/mol. The lowest BCUT2D eigenvalue weighted by atomic mass is 10.1. The van der Waals surface area contributed by atoms with Gasteiger partial charge < -0.3 is 80.1 Å². The summed E-state index contributed by atoms with van der Waals surface area (Å²) in [6.45, 7) is 9.63. The summed E-state index contributed by atoms with van der Waals surface area (Å²) in [6, 6.07) is -2.77. The van der Waals surface area contributed by atoms with Gasteiger partial charge in [0.1, 0.15) is 18.3 Å². The van der Waals surface area contributed by atoms with E-state index in [1.807, 2.05) is 0 Å². The summed E-state index contributed by atoms with van der Waals surface area (Å²) in [5, 5.41) is 22.1. The highest BCUT2D eigenvalue weighted by molar-refractivity contribution is 5.86. The summed E-state index contributed by atoms with van der Waals surface area (Å²) in [5.41, 5.74) is 6.18. The zero-order valence-electron chi connectivity index (χ0n) is 31.3. The number of nitrogens with one attached hydrogen (secondary N) is 5. The van der Waals surface area contributed by atoms with Crippen molar-refractivity contribution < 1.29 is 76.5 Å². The van der Waals surface area contributed by atoms with Crippen LogP contribution in [0.2, 0.25) is 0 Å². The predicted octanol–water partition coefficient (Wildman–Crippen LogP) is -3.48. The van der Waals surface area contributed by atoms with Gasteiger partial charge in [-0.15, -0.1) is 0 Å². The van der Waals surface area contributed by atoms with Gasteiger partial charge in [-0.2, -0.15) is 0 Å². The number of carboxylic acids is 1. The maximum Gasteiger partial charge on any atom is 0.305 e. The van der Waals surface area contributed by atoms with Crippen LogP contribution in [0, 0.1) is 0 Å². The van der Waals surface area contributed by atoms with Crippen molar-refractivity contribution in [1.29, 1.82) is 0 Å². The van der Waals surface area contributed by atoms with Gasteiger partial charge in [-0.05, 0) is 41.5 Å². The van der Waals surface area contributed by atoms with Gasteiger partial charge in [-0.3, -0.25) is 28.8 Å². The lowest BCUT2D eigenvalue weighted by molar-refractivity contribution is -0.208. The zero-order valence-corrected chi connectivity index (χ0v) is 31.3. The Morgan fingerprint density at radius 1 is 0.527 bits per heavy atom. The molecule has 5 amide bonds. The molecule has 6 saturated heterocycles. The first-order valence-electron chi connectivity index (χ1n) is 18.1. The number of fused-ring (bicyclic) bond motifs is 3. The monoisotopic (exact) mass is 786 g/mol. The summed E-state index contributed by atoms with van der Waals surface area (Å²) in [7, 11) is 0. The normalized spacial score (nSPS) is 37.4. The number of nitrogens with two attached hydrogens (primary N) is 1. The Hall–Kier alpha value is -3.58. The van der Waals surface area contributed by atoms with Crippen LogP contribution in [-0.2, 0) is 71.4 Å². The molecule has 22 heteroatoms. The first-order chi connectivity index (χ1) is 25.7. The average molecular weight is 787 g/mol. The zero-order chi connectivity index (χ0) is 40.0. The van der Waals surface area contributed by atoms with Gasteiger partial charge >= 0.3 is 5.97 Å². The minimum atomic E-state index is -1.27. The van der Waals surface area contributed by atoms with Crippen LogP contribution < -0.4 is 32.3 Å². The molecule has 0 aliphatic carbocycles. The number of amides is 5. The van der Waals surface area contributed by atoms with Gasteiger partial charge in [0.15, 0.2) is 54.5 Å². The van der Waals surface area contributed by atoms with Crippen LogP contribution in [0.3, 0.4) is 0 Å². The molecule has 0 spiro atoms. The fourth-order valence-electron chi connectivity index (χ4n) is 7.26. The molecule has 6 fully saturated rings. The van der Waals surface area contributed by atoms with Crippen LogP contribution in [0.15, 0.2) is 0 Å². The summed E-state index contributed by atoms with van der Waals surface area (Å²) >= 11 is 0. The molecule has 0 radical (unpaired) electrons. The van der Waals surface area contributed by atoms with E-state index in [0.717, 1.165) is 0 Å². The smallest absolute Gasteiger partial charge is 0.305 e. The van der Waals surface area contributed by atoms with Crippen molar-refractivity contribution in [2.75, 3.05) is 19.6 Å². The molecule has 0 aromatic heterocycles. The van der Waals surface area contributed by atoms with Crippen molar-refractivity contribution >= 4 is 35.5 Å². The van der Waals surface area contributed by atoms with E-state index in [1.165, 1.54) is 0 Å². The minimum absolute atomic E-state index is 0.0799. The van der Waals surface area contributed by atoms with Gasteiger partial charge in [-0.25, -0.2) is 0 Å². The highest BCUT2D eigenvalue weighted by atomic mass is 16.8. The second kappa shape index (κ2) is 15.8. The average Bonchev–Trinajstić information content (AvgIpc) is 3.87. The molecule has 0 unspecified atom stereocenters. The fraction of sp³-hybridized carbons (Fsp3) is 0.818. The van der Waals surface area contributed by atoms with Gasteiger partial charge in [0.25, 0.3) is 17.7 Å². The standard InChI is InChI=1S/C33H50N6O16/c1-31(2)50-20-16(34)19(47-28(20)53-31)25(44)35-10-7-13(40)38-17-21(48-29-23(17)51-32(3,4)54-29)26(45)36-11-8-14(41)39-18-22(27(46)37-12-9-15(42)43)49-30-24(18)52-33(5,6)55-30/h16-24,28-30H,7-12,34H2,1-6H3,(H,35,44)(H,36,45)(H,37,46)(H,38,40)(H,39,41)(H,42,43)/t16-,17-,18-,19-,20+,21-,22-,23+,24+,28+,29+,30+/m0/s1. The first kappa shape index (κ1) is 41.1. The molecule has 0 bridgehead atoms. The van der Waals surface area contributed by atoms with Crippen LogP contribution in [0.5, 0.6) is 0 Å². The number of carbonyl (C=O) groups is 6. The number of aliphatic carboxylic acids is 1. The van der Waals surface area contributed by atoms with E-state index in [9.17, 15) is 28.8 Å². The summed E-state index contributed by atoms with van der Waals surface area (Å²) in [5.74, 6) is -7.07. The van der Waals surface area contributed by atoms with Crippen LogP contribution in [0.1, 0.15) is 60.8 Å². The molecule has 6 aliphatic rings. The number of rotatable bonds is 14. The van der Waals surface area contributed by atoms with Gasteiger partial charge in [0.05, 0.1) is 24.5 Å². The van der Waals surface area contributed by atoms with Crippen LogP contribution in [-0.4, -0.2) is 151 Å². The molecule has 308 valence electrons. The Labute approximate surface area is 315 Å². The maximum absolute atomic E-state index is 13.4. The molecule has 12 atom stereocenters. The highest BCUT2D eigenvalue weighted by Gasteiger charge is 2.59. The molecular weight excluding hydrogens is 736 g/mol. The van der Waals surface area contributed by atoms with E-state index < -0.39 is 126 Å². The van der Waals surface area contributed by atoms with E-state index in [4.69, 9.17) is 53.5 Å². The number of hydrogen-bond donors (Lipinski definition) is 7. The van der Waals surface area contributed by atoms with E-state index in [1.54, 1.807) is 41.5 Å². The lowest BCUT2D eigenvalue weighted by Crippen LogP contribution is -2.54. The fourth-order valence-corrected chi connectivity index (χ4v) is 7.26. The Morgan fingerprint density at radius 2 is 0.873 bits per heavy atom. The van der Waals surface area contributed by atoms with E-state index >= 15 is 0 Å². The SMILES string of the molecule is CC1(C)O[C@H]2O[C@H](C(=O)NCCC(=O)N[C@@H]3[C@H]4OC(C)(C)O[C@H]4O[C@@H]3C(=O)NCCC(=O)N[C@@H]3[C@H]4OC(C)(C)O[C@H]4O[C@@H]3C(=O)NCCC(=O)O)[C@H](N)[C@H]2O1. The molecule has 0 aromatic carbocycles. The first-order valence-corrected chi connectivity index (χ1v) is 18.1. The van der Waals surface area contributed by atoms with E-state index in [-0.39, 0.29) is 38.9 Å². The van der Waals surface area contributed by atoms with Gasteiger partial charge in [-0.1, -0.05) is 0 Å². The van der Waals surface area contributed by atoms with Crippen molar-refractivity contribution in [3.8, 4) is 0 Å². The number of carboxylic acid groups (broad SMARTS) is 1. The molecule has 6 heterocycles. The third kappa shape index (κ3) is 9.35. The third-order valence-electron chi connectivity index (χ3n) is 9.57. The molecule has 6 aliphatic heterocycles. The topological polar surface area (TPSA) is 292 Å². The van der Waals surface area contributed by atoms with Crippen molar-refractivity contribution in [3.63, 3.8) is 0 Å². The Bertz CT molecular complexity index is 1530. The van der Waals surface area contributed by atoms with Crippen LogP contribution in [0.4, 0.5) is 0 Å². The van der Waals surface area contributed by atoms with Crippen LogP contribution in [0.25, 0.3) is 0 Å². The third-order valence-corrected chi connectivity index (χ3v) is 9.57. The second-order valence-electron chi connectivity index (χ2n) is 15.4. The van der Waals surface area contributed by atoms with Gasteiger partial charge in [0, 0.05) is 32.5 Å². The quantitative estimate of drug-likeness (QED) is 0.0900. The summed E-state index contributed by atoms with van der Waals surface area (Å²) < 4.78 is 51.9. The largest absolute Gasteiger partial charge is 0.481 e. The van der Waals surface area contributed by atoms with Crippen molar-refractivity contribution in [2.45, 2.75) is 152 Å². The van der Waals surface area contributed by atoms with Crippen molar-refractivity contribution in [3.05, 3.63) is 0 Å². The summed E-state index contributed by atoms with van der Waals surface area (Å²) in [6.07, 6.45) is -9.35. The minimum Gasteiger partial charge on any atom is -0.481 e. The molecule has 55 heavy (non-hydrogen) atoms. The molecule has 22 nitrogen and oxygen atoms in total. The molecule has 0 aromatic rings. The van der Waals surface area contributed by atoms with E-state index in [0.29, 0.717) is 0 Å². The maximum atomic E-state index is 13.4. The molecule has 0 saturated carbocycles. The number of ether oxygens (including phenoxy) is 9. The number of carbonyl (C=O) groups excluding carboxylic acids is 5. The lowest BCUT2D eigenvalue weighted by Gasteiger charge is -2.26. The van der Waals surface area contributed by atoms with E-state index in [2.05, 4.69) is 26.6 Å². The summed E-state index contributed by atoms with van der Waals surface area (Å²) in [4.78, 5) is 76.1. The molecule has 8 N–H and O–H groups in total. The van der Waals surface area contributed by atoms with Gasteiger partial charge in [0.2, 0.25) is 11.8 Å². The molecule has 6 rings (SSSR count). The van der Waals surface area contributed by atoms with Crippen LogP contribution >= 0.6 is 0 Å². The number of hydrogen-bond acceptors (Lipinski definition) is 16. The Balaban J connectivity index is 0.986. The molecular formula is C33H50N6O16. The van der Waals surface area contributed by atoms with Crippen molar-refractivity contribution in [2.24, 2.45) is 5.73 Å². The highest BCUT2D eigenvalue weighted by Crippen LogP contribution is 2.39. The second-order valence-corrected chi connectivity index (χ2v) is 15.4.